The minimum absolute atomic E-state index is 0. The second-order valence-corrected chi connectivity index (χ2v) is 7.13. The Morgan fingerprint density at radius 3 is 2.76 bits per heavy atom. The number of hydrogen-bond donors (Lipinski definition) is 1. The molecule has 0 amide bonds. The van der Waals surface area contributed by atoms with E-state index in [9.17, 15) is 14.0 Å². The number of aryl methyl sites for hydroxylation is 1. The maximum Gasteiger partial charge on any atom is 0.332 e. The fraction of sp³-hybridized carbons (Fsp3) is 0.421. The van der Waals surface area contributed by atoms with Crippen LogP contribution in [0.15, 0.2) is 40.2 Å². The average molecular weight is 423 g/mol. The van der Waals surface area contributed by atoms with Crippen LogP contribution in [-0.4, -0.2) is 49.8 Å². The van der Waals surface area contributed by atoms with Gasteiger partial charge >= 0.3 is 5.69 Å². The molecule has 2 aromatic heterocycles. The molecule has 3 aromatic rings. The van der Waals surface area contributed by atoms with Crippen molar-refractivity contribution in [2.45, 2.75) is 12.6 Å². The van der Waals surface area contributed by atoms with Crippen molar-refractivity contribution >= 4 is 23.6 Å². The Bertz CT molecular complexity index is 1140. The van der Waals surface area contributed by atoms with Crippen LogP contribution in [0.25, 0.3) is 11.2 Å². The number of nitrogens with zero attached hydrogens (tertiary/aromatic N) is 5. The van der Waals surface area contributed by atoms with Crippen molar-refractivity contribution in [1.29, 1.82) is 0 Å². The van der Waals surface area contributed by atoms with Gasteiger partial charge in [0.2, 0.25) is 0 Å². The van der Waals surface area contributed by atoms with Gasteiger partial charge in [-0.3, -0.25) is 18.8 Å². The fourth-order valence-corrected chi connectivity index (χ4v) is 3.86. The van der Waals surface area contributed by atoms with Gasteiger partial charge in [-0.2, -0.15) is 0 Å². The van der Waals surface area contributed by atoms with Crippen molar-refractivity contribution in [3.05, 3.63) is 62.8 Å². The van der Waals surface area contributed by atoms with Gasteiger partial charge < -0.3 is 9.88 Å². The third-order valence-electron chi connectivity index (χ3n) is 5.43. The fourth-order valence-electron chi connectivity index (χ4n) is 3.86. The quantitative estimate of drug-likeness (QED) is 0.667. The van der Waals surface area contributed by atoms with Crippen LogP contribution in [0.5, 0.6) is 0 Å². The number of fused-ring (bicyclic) bond motifs is 1. The first-order valence-corrected chi connectivity index (χ1v) is 9.28. The van der Waals surface area contributed by atoms with E-state index in [0.717, 1.165) is 29.8 Å². The molecule has 0 spiro atoms. The first-order chi connectivity index (χ1) is 13.5. The Balaban J connectivity index is 0.00000240. The summed E-state index contributed by atoms with van der Waals surface area (Å²) < 4.78 is 17.9. The Labute approximate surface area is 173 Å². The van der Waals surface area contributed by atoms with Crippen LogP contribution in [-0.2, 0) is 20.6 Å². The molecule has 1 aromatic carbocycles. The number of hydrogen-bond acceptors (Lipinski definition) is 5. The van der Waals surface area contributed by atoms with E-state index < -0.39 is 5.69 Å². The van der Waals surface area contributed by atoms with Gasteiger partial charge in [-0.1, -0.05) is 12.1 Å². The first-order valence-electron chi connectivity index (χ1n) is 9.28. The summed E-state index contributed by atoms with van der Waals surface area (Å²) in [6, 6.07) is 6.74. The number of piperazine rings is 1. The lowest BCUT2D eigenvalue weighted by molar-refractivity contribution is 0.156. The molecule has 1 N–H and O–H groups in total. The molecule has 1 unspecified atom stereocenters. The third kappa shape index (κ3) is 3.85. The smallest absolute Gasteiger partial charge is 0.323 e. The Hall–Kier alpha value is -2.49. The lowest BCUT2D eigenvalue weighted by Crippen LogP contribution is -2.47. The number of nitrogens with one attached hydrogen (secondary N) is 1. The van der Waals surface area contributed by atoms with E-state index >= 15 is 0 Å². The zero-order chi connectivity index (χ0) is 19.8. The lowest BCUT2D eigenvalue weighted by Gasteiger charge is -2.36. The highest BCUT2D eigenvalue weighted by Gasteiger charge is 2.24. The molecule has 8 nitrogen and oxygen atoms in total. The van der Waals surface area contributed by atoms with Gasteiger partial charge in [-0.05, 0) is 17.7 Å². The molecule has 3 heterocycles. The summed E-state index contributed by atoms with van der Waals surface area (Å²) in [6.45, 7) is 3.65. The lowest BCUT2D eigenvalue weighted by atomic mass is 10.0. The van der Waals surface area contributed by atoms with Crippen molar-refractivity contribution < 1.29 is 4.39 Å². The molecule has 0 bridgehead atoms. The van der Waals surface area contributed by atoms with E-state index in [1.165, 1.54) is 17.7 Å². The molecule has 0 radical (unpaired) electrons. The molecule has 1 atom stereocenters. The number of rotatable bonds is 4. The van der Waals surface area contributed by atoms with E-state index in [-0.39, 0.29) is 29.8 Å². The van der Waals surface area contributed by atoms with Crippen LogP contribution in [0, 0.1) is 5.82 Å². The van der Waals surface area contributed by atoms with E-state index in [1.807, 2.05) is 6.07 Å². The van der Waals surface area contributed by atoms with Crippen LogP contribution >= 0.6 is 12.4 Å². The Morgan fingerprint density at radius 2 is 2.00 bits per heavy atom. The maximum absolute atomic E-state index is 13.7. The summed E-state index contributed by atoms with van der Waals surface area (Å²) in [6.07, 6.45) is 1.60. The number of imidazole rings is 1. The molecule has 1 fully saturated rings. The van der Waals surface area contributed by atoms with Crippen LogP contribution in [0.1, 0.15) is 11.6 Å². The van der Waals surface area contributed by atoms with E-state index in [0.29, 0.717) is 24.3 Å². The molecule has 10 heteroatoms. The highest BCUT2D eigenvalue weighted by molar-refractivity contribution is 5.85. The van der Waals surface area contributed by atoms with Gasteiger partial charge in [0.1, 0.15) is 5.82 Å². The molecule has 156 valence electrons. The summed E-state index contributed by atoms with van der Waals surface area (Å²) in [5.41, 5.74) is 0.992. The summed E-state index contributed by atoms with van der Waals surface area (Å²) in [5.74, 6) is -0.243. The Morgan fingerprint density at radius 1 is 1.21 bits per heavy atom. The van der Waals surface area contributed by atoms with Crippen molar-refractivity contribution in [1.82, 2.24) is 28.9 Å². The number of benzene rings is 1. The minimum atomic E-state index is -0.393. The second-order valence-electron chi connectivity index (χ2n) is 7.13. The maximum atomic E-state index is 13.7. The van der Waals surface area contributed by atoms with Gasteiger partial charge in [-0.25, -0.2) is 14.2 Å². The van der Waals surface area contributed by atoms with Gasteiger partial charge in [0.25, 0.3) is 5.56 Å². The molecule has 1 aliphatic rings. The van der Waals surface area contributed by atoms with Gasteiger partial charge in [-0.15, -0.1) is 12.4 Å². The molecule has 29 heavy (non-hydrogen) atoms. The van der Waals surface area contributed by atoms with Crippen molar-refractivity contribution in [3.8, 4) is 0 Å². The first kappa shape index (κ1) is 21.2. The van der Waals surface area contributed by atoms with Crippen LogP contribution in [0.4, 0.5) is 4.39 Å². The van der Waals surface area contributed by atoms with E-state index in [1.54, 1.807) is 30.1 Å². The predicted molar refractivity (Wildman–Crippen MR) is 111 cm³/mol. The van der Waals surface area contributed by atoms with Gasteiger partial charge in [0.05, 0.1) is 6.33 Å². The standard InChI is InChI=1S/C19H23FN6O2.ClH/c1-23-17-16(18(27)24(2)19(23)28)26(12-22-17)9-8-25-7-6-21-11-15(25)13-4-3-5-14(20)10-13;/h3-5,10,12,15,21H,6-9,11H2,1-2H3;1H. The molecule has 0 aliphatic carbocycles. The third-order valence-corrected chi connectivity index (χ3v) is 5.43. The molecule has 0 saturated carbocycles. The summed E-state index contributed by atoms with van der Waals surface area (Å²) in [7, 11) is 3.08. The van der Waals surface area contributed by atoms with E-state index in [2.05, 4.69) is 15.2 Å². The van der Waals surface area contributed by atoms with E-state index in [4.69, 9.17) is 0 Å². The van der Waals surface area contributed by atoms with Crippen molar-refractivity contribution in [3.63, 3.8) is 0 Å². The highest BCUT2D eigenvalue weighted by Crippen LogP contribution is 2.23. The largest absolute Gasteiger partial charge is 0.332 e. The van der Waals surface area contributed by atoms with Crippen LogP contribution in [0.2, 0.25) is 0 Å². The number of aromatic nitrogens is 4. The number of halogens is 2. The molecule has 1 saturated heterocycles. The Kier molecular flexibility index (Phi) is 6.21. The van der Waals surface area contributed by atoms with Crippen LogP contribution in [0.3, 0.4) is 0 Å². The minimum Gasteiger partial charge on any atom is -0.323 e. The zero-order valence-corrected chi connectivity index (χ0v) is 17.2. The molecular weight excluding hydrogens is 399 g/mol. The summed E-state index contributed by atoms with van der Waals surface area (Å²) >= 11 is 0. The van der Waals surface area contributed by atoms with Gasteiger partial charge in [0, 0.05) is 52.9 Å². The van der Waals surface area contributed by atoms with Crippen LogP contribution < -0.4 is 16.6 Å². The summed E-state index contributed by atoms with van der Waals surface area (Å²) in [4.78, 5) is 31.2. The molecule has 4 rings (SSSR count). The van der Waals surface area contributed by atoms with Crippen molar-refractivity contribution in [2.75, 3.05) is 26.2 Å². The normalized spacial score (nSPS) is 17.4. The SMILES string of the molecule is Cl.Cn1c(=O)c2c(ncn2CCN2CCNCC2c2cccc(F)c2)n(C)c1=O. The van der Waals surface area contributed by atoms with Crippen molar-refractivity contribution in [2.24, 2.45) is 14.1 Å². The zero-order valence-electron chi connectivity index (χ0n) is 16.3. The molecular formula is C19H24ClFN6O2. The second kappa shape index (κ2) is 8.48. The highest BCUT2D eigenvalue weighted by atomic mass is 35.5. The molecule has 1 aliphatic heterocycles. The van der Waals surface area contributed by atoms with Gasteiger partial charge in [0.15, 0.2) is 11.2 Å². The average Bonchev–Trinajstić information content (AvgIpc) is 3.13. The predicted octanol–water partition coefficient (Wildman–Crippen LogP) is 0.641. The summed E-state index contributed by atoms with van der Waals surface area (Å²) in [5, 5.41) is 3.36. The topological polar surface area (TPSA) is 77.1 Å². The monoisotopic (exact) mass is 422 g/mol.